The smallest absolute Gasteiger partial charge is 0.246 e. The van der Waals surface area contributed by atoms with Crippen LogP contribution in [0.4, 0.5) is 4.39 Å². The van der Waals surface area contributed by atoms with Gasteiger partial charge in [0.15, 0.2) is 11.5 Å². The van der Waals surface area contributed by atoms with E-state index in [4.69, 9.17) is 4.74 Å². The molecule has 1 saturated carbocycles. The third-order valence-corrected chi connectivity index (χ3v) is 9.02. The van der Waals surface area contributed by atoms with Crippen molar-refractivity contribution < 1.29 is 24.1 Å². The largest absolute Gasteiger partial charge is 0.504 e. The Morgan fingerprint density at radius 2 is 2.17 bits per heavy atom. The summed E-state index contributed by atoms with van der Waals surface area (Å²) in [6.07, 6.45) is 6.90. The number of nitrogens with zero attached hydrogens (tertiary/aromatic N) is 2. The van der Waals surface area contributed by atoms with Crippen LogP contribution in [-0.2, 0) is 16.6 Å². The van der Waals surface area contributed by atoms with E-state index in [0.717, 1.165) is 17.7 Å². The zero-order chi connectivity index (χ0) is 25.2. The molecule has 0 unspecified atom stereocenters. The summed E-state index contributed by atoms with van der Waals surface area (Å²) >= 11 is 0. The Bertz CT molecular complexity index is 1280. The van der Waals surface area contributed by atoms with E-state index in [1.807, 2.05) is 12.1 Å². The van der Waals surface area contributed by atoms with Crippen LogP contribution in [0.15, 0.2) is 55.1 Å². The SMILES string of the molecule is C=CCN1CC[C@]23c4c5ccc(O)c4O[C@H]2[C@H](N(C)C(=O)C=Cc2cccc(F)c2)CC[C@@]3(O)[C@H]1C5. The van der Waals surface area contributed by atoms with Gasteiger partial charge in [-0.2, -0.15) is 0 Å². The highest BCUT2D eigenvalue weighted by Crippen LogP contribution is 2.65. The second kappa shape index (κ2) is 8.18. The van der Waals surface area contributed by atoms with E-state index in [9.17, 15) is 19.4 Å². The number of hydrogen-bond donors (Lipinski definition) is 2. The van der Waals surface area contributed by atoms with Gasteiger partial charge < -0.3 is 19.8 Å². The fourth-order valence-electron chi connectivity index (χ4n) is 7.44. The predicted molar refractivity (Wildman–Crippen MR) is 134 cm³/mol. The number of aromatic hydroxyl groups is 1. The second-order valence-electron chi connectivity index (χ2n) is 10.6. The van der Waals surface area contributed by atoms with Crippen molar-refractivity contribution in [2.75, 3.05) is 20.1 Å². The Kier molecular flexibility index (Phi) is 5.28. The molecule has 2 bridgehead atoms. The number of halogens is 1. The first-order valence-electron chi connectivity index (χ1n) is 12.6. The number of likely N-dealkylation sites (tertiary alicyclic amines) is 1. The van der Waals surface area contributed by atoms with E-state index in [2.05, 4.69) is 11.5 Å². The Hall–Kier alpha value is -3.16. The number of phenols is 1. The number of aliphatic hydroxyl groups is 1. The molecule has 6 nitrogen and oxygen atoms in total. The van der Waals surface area contributed by atoms with E-state index in [-0.39, 0.29) is 29.6 Å². The minimum atomic E-state index is -1.04. The molecule has 0 aromatic heterocycles. The van der Waals surface area contributed by atoms with Crippen molar-refractivity contribution in [1.82, 2.24) is 9.80 Å². The highest BCUT2D eigenvalue weighted by Gasteiger charge is 2.73. The van der Waals surface area contributed by atoms with E-state index in [0.29, 0.717) is 43.5 Å². The maximum atomic E-state index is 13.6. The molecule has 6 rings (SSSR count). The molecule has 2 N–H and O–H groups in total. The molecule has 5 atom stereocenters. The number of carbonyl (C=O) groups excluding carboxylic acids is 1. The highest BCUT2D eigenvalue weighted by atomic mass is 19.1. The van der Waals surface area contributed by atoms with E-state index >= 15 is 0 Å². The van der Waals surface area contributed by atoms with Gasteiger partial charge in [0.05, 0.1) is 17.1 Å². The molecular formula is C29H31FN2O4. The second-order valence-corrected chi connectivity index (χ2v) is 10.6. The molecule has 2 aliphatic heterocycles. The first-order chi connectivity index (χ1) is 17.3. The number of benzene rings is 2. The number of phenolic OH excluding ortho intramolecular Hbond substituents is 1. The maximum absolute atomic E-state index is 13.6. The van der Waals surface area contributed by atoms with Gasteiger partial charge in [0, 0.05) is 31.3 Å². The van der Waals surface area contributed by atoms with Crippen LogP contribution in [0.5, 0.6) is 11.5 Å². The molecule has 7 heteroatoms. The molecule has 2 aromatic carbocycles. The van der Waals surface area contributed by atoms with Crippen molar-refractivity contribution in [3.8, 4) is 11.5 Å². The van der Waals surface area contributed by atoms with Crippen LogP contribution in [-0.4, -0.2) is 69.8 Å². The van der Waals surface area contributed by atoms with Crippen molar-refractivity contribution in [3.63, 3.8) is 0 Å². The first kappa shape index (κ1) is 23.3. The molecule has 0 radical (unpaired) electrons. The van der Waals surface area contributed by atoms with E-state index in [1.165, 1.54) is 18.2 Å². The molecule has 188 valence electrons. The number of piperidine rings is 1. The number of amides is 1. The fourth-order valence-corrected chi connectivity index (χ4v) is 7.44. The van der Waals surface area contributed by atoms with Crippen LogP contribution in [0.3, 0.4) is 0 Å². The van der Waals surface area contributed by atoms with Gasteiger partial charge in [-0.05, 0) is 67.6 Å². The zero-order valence-corrected chi connectivity index (χ0v) is 20.4. The van der Waals surface area contributed by atoms with Crippen molar-refractivity contribution >= 4 is 12.0 Å². The summed E-state index contributed by atoms with van der Waals surface area (Å²) in [7, 11) is 1.75. The standard InChI is InChI=1S/C29H31FN2O4/c1-3-14-32-15-13-28-25-19-8-9-22(33)26(25)36-27(28)21(11-12-29(28,35)23(32)17-19)31(2)24(34)10-7-18-5-4-6-20(30)16-18/h3-10,16,21,23,27,33,35H,1,11-15,17H2,2H3/t21-,23-,27+,28+,29-/m1/s1. The van der Waals surface area contributed by atoms with Gasteiger partial charge >= 0.3 is 0 Å². The number of carbonyl (C=O) groups is 1. The van der Waals surface area contributed by atoms with Crippen molar-refractivity contribution in [2.24, 2.45) is 0 Å². The number of likely N-dealkylation sites (N-methyl/N-ethyl adjacent to an activating group) is 1. The Balaban J connectivity index is 1.38. The summed E-state index contributed by atoms with van der Waals surface area (Å²) in [6.45, 7) is 5.38. The lowest BCUT2D eigenvalue weighted by Crippen LogP contribution is -2.78. The third-order valence-electron chi connectivity index (χ3n) is 9.02. The summed E-state index contributed by atoms with van der Waals surface area (Å²) < 4.78 is 20.1. The van der Waals surface area contributed by atoms with Gasteiger partial charge in [0.2, 0.25) is 5.91 Å². The number of hydrogen-bond acceptors (Lipinski definition) is 5. The maximum Gasteiger partial charge on any atom is 0.246 e. The Morgan fingerprint density at radius 1 is 1.33 bits per heavy atom. The summed E-state index contributed by atoms with van der Waals surface area (Å²) in [5, 5.41) is 23.2. The molecular weight excluding hydrogens is 459 g/mol. The summed E-state index contributed by atoms with van der Waals surface area (Å²) in [4.78, 5) is 17.2. The van der Waals surface area contributed by atoms with Crippen LogP contribution in [0, 0.1) is 5.82 Å². The van der Waals surface area contributed by atoms with Crippen LogP contribution in [0.1, 0.15) is 36.0 Å². The van der Waals surface area contributed by atoms with E-state index < -0.39 is 17.1 Å². The van der Waals surface area contributed by atoms with Gasteiger partial charge in [-0.3, -0.25) is 9.69 Å². The Labute approximate surface area is 210 Å². The monoisotopic (exact) mass is 490 g/mol. The van der Waals surface area contributed by atoms with Gasteiger partial charge in [-0.1, -0.05) is 24.3 Å². The highest BCUT2D eigenvalue weighted by molar-refractivity contribution is 5.92. The van der Waals surface area contributed by atoms with Crippen molar-refractivity contribution in [3.05, 3.63) is 77.6 Å². The molecule has 2 fully saturated rings. The van der Waals surface area contributed by atoms with Gasteiger partial charge in [0.25, 0.3) is 0 Å². The van der Waals surface area contributed by atoms with Crippen LogP contribution < -0.4 is 4.74 Å². The predicted octanol–water partition coefficient (Wildman–Crippen LogP) is 3.41. The molecule has 1 amide bonds. The lowest BCUT2D eigenvalue weighted by atomic mass is 9.48. The molecule has 2 heterocycles. The minimum absolute atomic E-state index is 0.0746. The molecule has 2 aliphatic carbocycles. The van der Waals surface area contributed by atoms with Gasteiger partial charge in [-0.15, -0.1) is 6.58 Å². The molecule has 1 saturated heterocycles. The lowest BCUT2D eigenvalue weighted by Gasteiger charge is -2.64. The summed E-state index contributed by atoms with van der Waals surface area (Å²) in [5.74, 6) is -0.0438. The molecule has 36 heavy (non-hydrogen) atoms. The molecule has 4 aliphatic rings. The summed E-state index contributed by atoms with van der Waals surface area (Å²) in [5.41, 5.74) is 0.876. The zero-order valence-electron chi connectivity index (χ0n) is 20.4. The average molecular weight is 491 g/mol. The lowest BCUT2D eigenvalue weighted by molar-refractivity contribution is -0.198. The van der Waals surface area contributed by atoms with Crippen molar-refractivity contribution in [2.45, 2.75) is 54.9 Å². The van der Waals surface area contributed by atoms with Gasteiger partial charge in [-0.25, -0.2) is 4.39 Å². The average Bonchev–Trinajstić information content (AvgIpc) is 3.21. The van der Waals surface area contributed by atoms with Crippen molar-refractivity contribution in [1.29, 1.82) is 0 Å². The topological polar surface area (TPSA) is 73.2 Å². The van der Waals surface area contributed by atoms with Crippen LogP contribution >= 0.6 is 0 Å². The van der Waals surface area contributed by atoms with E-state index in [1.54, 1.807) is 36.2 Å². The van der Waals surface area contributed by atoms with Crippen LogP contribution in [0.25, 0.3) is 6.08 Å². The van der Waals surface area contributed by atoms with Gasteiger partial charge in [0.1, 0.15) is 11.9 Å². The number of rotatable bonds is 5. The quantitative estimate of drug-likeness (QED) is 0.497. The third kappa shape index (κ3) is 3.05. The normalized spacial score (nSPS) is 32.1. The number of ether oxygens (including phenoxy) is 1. The first-order valence-corrected chi connectivity index (χ1v) is 12.6. The Morgan fingerprint density at radius 3 is 2.94 bits per heavy atom. The minimum Gasteiger partial charge on any atom is -0.504 e. The molecule has 1 spiro atoms. The molecule has 2 aromatic rings. The summed E-state index contributed by atoms with van der Waals surface area (Å²) in [6, 6.07) is 9.33. The van der Waals surface area contributed by atoms with Crippen LogP contribution in [0.2, 0.25) is 0 Å². The fraction of sp³-hybridized carbons (Fsp3) is 0.414.